The molecule has 4 nitrogen and oxygen atoms in total. The van der Waals surface area contributed by atoms with Crippen LogP contribution in [0.25, 0.3) is 0 Å². The average Bonchev–Trinajstić information content (AvgIpc) is 2.68. The number of carbonyl (C=O) groups is 1. The average molecular weight is 344 g/mol. The number of nitrogens with zero attached hydrogens (tertiary/aromatic N) is 1. The fourth-order valence-electron chi connectivity index (χ4n) is 2.38. The maximum atomic E-state index is 12.1. The van der Waals surface area contributed by atoms with Gasteiger partial charge in [-0.05, 0) is 36.8 Å². The van der Waals surface area contributed by atoms with Crippen molar-refractivity contribution in [1.29, 1.82) is 0 Å². The SMILES string of the molecule is Cc1ccc(C(=O)N/N=C/c2ccccc2OCc2ccccc2)cc1. The minimum atomic E-state index is -0.246. The predicted molar refractivity (Wildman–Crippen MR) is 103 cm³/mol. The quantitative estimate of drug-likeness (QED) is 0.534. The number of para-hydroxylation sites is 1. The van der Waals surface area contributed by atoms with Crippen molar-refractivity contribution in [1.82, 2.24) is 5.43 Å². The lowest BCUT2D eigenvalue weighted by atomic mass is 10.1. The highest BCUT2D eigenvalue weighted by atomic mass is 16.5. The van der Waals surface area contributed by atoms with E-state index in [0.29, 0.717) is 17.9 Å². The lowest BCUT2D eigenvalue weighted by Crippen LogP contribution is -2.17. The molecule has 0 fully saturated rings. The molecule has 1 amide bonds. The van der Waals surface area contributed by atoms with Gasteiger partial charge in [-0.1, -0.05) is 60.2 Å². The molecule has 0 spiro atoms. The first-order valence-corrected chi connectivity index (χ1v) is 8.38. The Kier molecular flexibility index (Phi) is 5.78. The lowest BCUT2D eigenvalue weighted by Gasteiger charge is -2.09. The Labute approximate surface area is 153 Å². The number of amides is 1. The second-order valence-electron chi connectivity index (χ2n) is 5.88. The fraction of sp³-hybridized carbons (Fsp3) is 0.0909. The number of nitrogens with one attached hydrogen (secondary N) is 1. The van der Waals surface area contributed by atoms with E-state index in [9.17, 15) is 4.79 Å². The van der Waals surface area contributed by atoms with Crippen LogP contribution in [0.5, 0.6) is 5.75 Å². The predicted octanol–water partition coefficient (Wildman–Crippen LogP) is 4.34. The molecule has 1 N–H and O–H groups in total. The van der Waals surface area contributed by atoms with E-state index in [1.807, 2.05) is 73.7 Å². The molecule has 0 aliphatic rings. The van der Waals surface area contributed by atoms with Crippen LogP contribution in [0.4, 0.5) is 0 Å². The van der Waals surface area contributed by atoms with Crippen molar-refractivity contribution in [2.75, 3.05) is 0 Å². The van der Waals surface area contributed by atoms with Crippen LogP contribution in [0.3, 0.4) is 0 Å². The van der Waals surface area contributed by atoms with Gasteiger partial charge in [0, 0.05) is 11.1 Å². The standard InChI is InChI=1S/C22H20N2O2/c1-17-11-13-19(14-12-17)22(25)24-23-15-20-9-5-6-10-21(20)26-16-18-7-3-2-4-8-18/h2-15H,16H2,1H3,(H,24,25)/b23-15+. The van der Waals surface area contributed by atoms with Crippen LogP contribution in [0, 0.1) is 6.92 Å². The van der Waals surface area contributed by atoms with Crippen molar-refractivity contribution in [3.8, 4) is 5.75 Å². The van der Waals surface area contributed by atoms with Crippen molar-refractivity contribution in [2.45, 2.75) is 13.5 Å². The van der Waals surface area contributed by atoms with E-state index in [1.54, 1.807) is 18.3 Å². The van der Waals surface area contributed by atoms with Crippen molar-refractivity contribution in [2.24, 2.45) is 5.10 Å². The summed E-state index contributed by atoms with van der Waals surface area (Å²) in [5, 5.41) is 4.05. The first-order chi connectivity index (χ1) is 12.7. The highest BCUT2D eigenvalue weighted by Crippen LogP contribution is 2.17. The van der Waals surface area contributed by atoms with Gasteiger partial charge < -0.3 is 4.74 Å². The Balaban J connectivity index is 1.63. The molecule has 26 heavy (non-hydrogen) atoms. The van der Waals surface area contributed by atoms with Gasteiger partial charge in [0.05, 0.1) is 6.21 Å². The zero-order valence-corrected chi connectivity index (χ0v) is 14.6. The Morgan fingerprint density at radius 3 is 2.42 bits per heavy atom. The van der Waals surface area contributed by atoms with Gasteiger partial charge in [0.1, 0.15) is 12.4 Å². The zero-order valence-electron chi connectivity index (χ0n) is 14.6. The third-order valence-electron chi connectivity index (χ3n) is 3.84. The summed E-state index contributed by atoms with van der Waals surface area (Å²) in [4.78, 5) is 12.1. The summed E-state index contributed by atoms with van der Waals surface area (Å²) in [6.07, 6.45) is 1.59. The van der Waals surface area contributed by atoms with Gasteiger partial charge in [-0.15, -0.1) is 0 Å². The van der Waals surface area contributed by atoms with Crippen molar-refractivity contribution < 1.29 is 9.53 Å². The van der Waals surface area contributed by atoms with Crippen LogP contribution in [0.1, 0.15) is 27.0 Å². The van der Waals surface area contributed by atoms with E-state index < -0.39 is 0 Å². The highest BCUT2D eigenvalue weighted by molar-refractivity contribution is 5.95. The molecule has 0 bridgehead atoms. The number of benzene rings is 3. The molecule has 0 saturated carbocycles. The van der Waals surface area contributed by atoms with Gasteiger partial charge in [0.15, 0.2) is 0 Å². The van der Waals surface area contributed by atoms with E-state index in [-0.39, 0.29) is 5.91 Å². The van der Waals surface area contributed by atoms with Crippen LogP contribution in [0.2, 0.25) is 0 Å². The van der Waals surface area contributed by atoms with Crippen LogP contribution in [-0.4, -0.2) is 12.1 Å². The number of carbonyl (C=O) groups excluding carboxylic acids is 1. The Hall–Kier alpha value is -3.40. The monoisotopic (exact) mass is 344 g/mol. The molecule has 130 valence electrons. The fourth-order valence-corrected chi connectivity index (χ4v) is 2.38. The Bertz CT molecular complexity index is 888. The van der Waals surface area contributed by atoms with Crippen molar-refractivity contribution in [3.63, 3.8) is 0 Å². The summed E-state index contributed by atoms with van der Waals surface area (Å²) < 4.78 is 5.87. The van der Waals surface area contributed by atoms with E-state index in [1.165, 1.54) is 0 Å². The number of hydrazone groups is 1. The Morgan fingerprint density at radius 2 is 1.65 bits per heavy atom. The van der Waals surface area contributed by atoms with E-state index >= 15 is 0 Å². The molecular formula is C22H20N2O2. The number of aryl methyl sites for hydroxylation is 1. The molecule has 0 atom stereocenters. The summed E-state index contributed by atoms with van der Waals surface area (Å²) in [5.74, 6) is 0.466. The molecule has 0 unspecified atom stereocenters. The van der Waals surface area contributed by atoms with E-state index in [0.717, 1.165) is 16.7 Å². The summed E-state index contributed by atoms with van der Waals surface area (Å²) >= 11 is 0. The summed E-state index contributed by atoms with van der Waals surface area (Å²) in [5.41, 5.74) is 6.11. The van der Waals surface area contributed by atoms with Crippen molar-refractivity contribution in [3.05, 3.63) is 101 Å². The van der Waals surface area contributed by atoms with E-state index in [2.05, 4.69) is 10.5 Å². The normalized spacial score (nSPS) is 10.7. The van der Waals surface area contributed by atoms with Crippen molar-refractivity contribution >= 4 is 12.1 Å². The van der Waals surface area contributed by atoms with Gasteiger partial charge in [-0.2, -0.15) is 5.10 Å². The molecule has 0 saturated heterocycles. The van der Waals surface area contributed by atoms with Gasteiger partial charge in [0.25, 0.3) is 5.91 Å². The van der Waals surface area contributed by atoms with Crippen LogP contribution in [0.15, 0.2) is 84.0 Å². The summed E-state index contributed by atoms with van der Waals surface area (Å²) in [6, 6.07) is 24.9. The lowest BCUT2D eigenvalue weighted by molar-refractivity contribution is 0.0955. The molecular weight excluding hydrogens is 324 g/mol. The Morgan fingerprint density at radius 1 is 0.962 bits per heavy atom. The molecule has 3 rings (SSSR count). The second-order valence-corrected chi connectivity index (χ2v) is 5.88. The molecule has 4 heteroatoms. The van der Waals surface area contributed by atoms with Crippen LogP contribution < -0.4 is 10.2 Å². The smallest absolute Gasteiger partial charge is 0.271 e. The second kappa shape index (κ2) is 8.62. The molecule has 0 aliphatic heterocycles. The summed E-state index contributed by atoms with van der Waals surface area (Å²) in [6.45, 7) is 2.45. The third-order valence-corrected chi connectivity index (χ3v) is 3.84. The molecule has 0 heterocycles. The molecule has 3 aromatic carbocycles. The molecule has 0 radical (unpaired) electrons. The number of ether oxygens (including phenoxy) is 1. The number of rotatable bonds is 6. The van der Waals surface area contributed by atoms with Gasteiger partial charge in [-0.3, -0.25) is 4.79 Å². The number of hydrogen-bond acceptors (Lipinski definition) is 3. The van der Waals surface area contributed by atoms with E-state index in [4.69, 9.17) is 4.74 Å². The van der Waals surface area contributed by atoms with Gasteiger partial charge >= 0.3 is 0 Å². The molecule has 0 aliphatic carbocycles. The van der Waals surface area contributed by atoms with Crippen LogP contribution in [-0.2, 0) is 6.61 Å². The van der Waals surface area contributed by atoms with Crippen LogP contribution >= 0.6 is 0 Å². The molecule has 0 aromatic heterocycles. The first kappa shape index (κ1) is 17.4. The number of hydrogen-bond donors (Lipinski definition) is 1. The van der Waals surface area contributed by atoms with Gasteiger partial charge in [0.2, 0.25) is 0 Å². The minimum absolute atomic E-state index is 0.246. The maximum Gasteiger partial charge on any atom is 0.271 e. The largest absolute Gasteiger partial charge is 0.488 e. The zero-order chi connectivity index (χ0) is 18.2. The maximum absolute atomic E-state index is 12.1. The highest BCUT2D eigenvalue weighted by Gasteiger charge is 2.04. The topological polar surface area (TPSA) is 50.7 Å². The summed E-state index contributed by atoms with van der Waals surface area (Å²) in [7, 11) is 0. The third kappa shape index (κ3) is 4.80. The molecule has 3 aromatic rings. The van der Waals surface area contributed by atoms with Gasteiger partial charge in [-0.25, -0.2) is 5.43 Å². The first-order valence-electron chi connectivity index (χ1n) is 8.38. The minimum Gasteiger partial charge on any atom is -0.488 e.